The Morgan fingerprint density at radius 3 is 2.67 bits per heavy atom. The van der Waals surface area contributed by atoms with Crippen molar-refractivity contribution >= 4 is 17.4 Å². The molecule has 1 fully saturated rings. The summed E-state index contributed by atoms with van der Waals surface area (Å²) in [6.07, 6.45) is 4.71. The average Bonchev–Trinajstić information content (AvgIpc) is 3.10. The second kappa shape index (κ2) is 5.44. The fourth-order valence-electron chi connectivity index (χ4n) is 2.07. The lowest BCUT2D eigenvalue weighted by Crippen LogP contribution is -2.13. The van der Waals surface area contributed by atoms with Crippen LogP contribution in [0.1, 0.15) is 6.42 Å². The molecule has 5 heteroatoms. The van der Waals surface area contributed by atoms with Gasteiger partial charge in [-0.3, -0.25) is 0 Å². The molecule has 2 aromatic rings. The highest BCUT2D eigenvalue weighted by Crippen LogP contribution is 2.23. The first-order chi connectivity index (χ1) is 8.92. The van der Waals surface area contributed by atoms with Crippen LogP contribution >= 0.6 is 11.8 Å². The van der Waals surface area contributed by atoms with Gasteiger partial charge >= 0.3 is 0 Å². The van der Waals surface area contributed by atoms with Gasteiger partial charge in [0.1, 0.15) is 0 Å². The molecule has 0 aliphatic carbocycles. The van der Waals surface area contributed by atoms with E-state index in [1.165, 1.54) is 23.6 Å². The second-order valence-corrected chi connectivity index (χ2v) is 5.63. The first-order valence-electron chi connectivity index (χ1n) is 6.20. The van der Waals surface area contributed by atoms with Crippen LogP contribution < -0.4 is 5.32 Å². The van der Waals surface area contributed by atoms with Crippen LogP contribution in [0.15, 0.2) is 36.7 Å². The van der Waals surface area contributed by atoms with Crippen LogP contribution in [0.2, 0.25) is 0 Å². The van der Waals surface area contributed by atoms with Gasteiger partial charge in [0.05, 0.1) is 18.1 Å². The second-order valence-electron chi connectivity index (χ2n) is 4.48. The molecule has 1 aromatic heterocycles. The summed E-state index contributed by atoms with van der Waals surface area (Å²) in [5.41, 5.74) is 2.16. The minimum atomic E-state index is 0.822. The summed E-state index contributed by atoms with van der Waals surface area (Å²) in [4.78, 5) is 1.62. The fourth-order valence-corrected chi connectivity index (χ4v) is 3.35. The molecule has 0 saturated carbocycles. The Labute approximate surface area is 111 Å². The molecule has 1 aliphatic heterocycles. The zero-order valence-electron chi connectivity index (χ0n) is 10.1. The van der Waals surface area contributed by atoms with Crippen LogP contribution in [-0.4, -0.2) is 33.0 Å². The van der Waals surface area contributed by atoms with E-state index in [0.29, 0.717) is 0 Å². The molecule has 0 radical (unpaired) electrons. The van der Waals surface area contributed by atoms with Gasteiger partial charge in [0.15, 0.2) is 0 Å². The molecule has 0 spiro atoms. The molecule has 0 amide bonds. The Morgan fingerprint density at radius 2 is 2.00 bits per heavy atom. The van der Waals surface area contributed by atoms with Gasteiger partial charge in [0, 0.05) is 12.2 Å². The van der Waals surface area contributed by atoms with E-state index >= 15 is 0 Å². The first kappa shape index (κ1) is 11.6. The average molecular weight is 260 g/mol. The van der Waals surface area contributed by atoms with E-state index in [9.17, 15) is 0 Å². The Bertz CT molecular complexity index is 474. The molecular formula is C13H16N4S. The van der Waals surface area contributed by atoms with Crippen molar-refractivity contribution in [3.05, 3.63) is 36.7 Å². The van der Waals surface area contributed by atoms with Crippen LogP contribution in [0.25, 0.3) is 5.69 Å². The Hall–Kier alpha value is -1.49. The maximum Gasteiger partial charge on any atom is 0.0858 e. The molecule has 1 aromatic carbocycles. The number of benzene rings is 1. The lowest BCUT2D eigenvalue weighted by molar-refractivity contribution is 0.632. The van der Waals surface area contributed by atoms with Crippen molar-refractivity contribution in [2.45, 2.75) is 6.42 Å². The minimum Gasteiger partial charge on any atom is -0.385 e. The van der Waals surface area contributed by atoms with Crippen LogP contribution in [-0.2, 0) is 0 Å². The van der Waals surface area contributed by atoms with Gasteiger partial charge in [-0.15, -0.1) is 0 Å². The van der Waals surface area contributed by atoms with Crippen molar-refractivity contribution in [1.29, 1.82) is 0 Å². The highest BCUT2D eigenvalue weighted by molar-refractivity contribution is 7.99. The van der Waals surface area contributed by atoms with E-state index in [1.807, 2.05) is 12.1 Å². The third-order valence-electron chi connectivity index (χ3n) is 3.14. The predicted molar refractivity (Wildman–Crippen MR) is 75.3 cm³/mol. The van der Waals surface area contributed by atoms with E-state index in [2.05, 4.69) is 39.4 Å². The molecule has 4 nitrogen and oxygen atoms in total. The molecule has 3 rings (SSSR count). The standard InChI is InChI=1S/C13H16N4S/c1-3-13(17-15-6-7-16-17)4-2-12(1)14-9-11-5-8-18-10-11/h1-4,6-7,11,14H,5,8-10H2. The van der Waals surface area contributed by atoms with E-state index < -0.39 is 0 Å². The summed E-state index contributed by atoms with van der Waals surface area (Å²) in [6, 6.07) is 8.24. The van der Waals surface area contributed by atoms with Gasteiger partial charge in [-0.2, -0.15) is 26.8 Å². The molecular weight excluding hydrogens is 244 g/mol. The molecule has 1 aliphatic rings. The molecule has 0 bridgehead atoms. The number of anilines is 1. The van der Waals surface area contributed by atoms with Crippen molar-refractivity contribution in [3.63, 3.8) is 0 Å². The van der Waals surface area contributed by atoms with Gasteiger partial charge in [-0.1, -0.05) is 0 Å². The number of nitrogens with one attached hydrogen (secondary N) is 1. The lowest BCUT2D eigenvalue weighted by Gasteiger charge is -2.11. The number of aromatic nitrogens is 3. The van der Waals surface area contributed by atoms with E-state index in [0.717, 1.165) is 18.2 Å². The summed E-state index contributed by atoms with van der Waals surface area (Å²) in [7, 11) is 0. The molecule has 1 atom stereocenters. The Balaban J connectivity index is 1.60. The SMILES string of the molecule is c1cnn(-c2ccc(NCC3CCSC3)cc2)n1. The van der Waals surface area contributed by atoms with Gasteiger partial charge in [-0.05, 0) is 48.1 Å². The van der Waals surface area contributed by atoms with Crippen LogP contribution in [0.5, 0.6) is 0 Å². The van der Waals surface area contributed by atoms with Gasteiger partial charge < -0.3 is 5.32 Å². The number of hydrogen-bond donors (Lipinski definition) is 1. The summed E-state index contributed by atoms with van der Waals surface area (Å²) < 4.78 is 0. The largest absolute Gasteiger partial charge is 0.385 e. The van der Waals surface area contributed by atoms with Gasteiger partial charge in [0.25, 0.3) is 0 Å². The summed E-state index contributed by atoms with van der Waals surface area (Å²) in [6.45, 7) is 1.08. The predicted octanol–water partition coefficient (Wildman–Crippen LogP) is 2.43. The Morgan fingerprint density at radius 1 is 1.22 bits per heavy atom. The Kier molecular flexibility index (Phi) is 3.50. The highest BCUT2D eigenvalue weighted by atomic mass is 32.2. The van der Waals surface area contributed by atoms with E-state index in [4.69, 9.17) is 0 Å². The topological polar surface area (TPSA) is 42.7 Å². The lowest BCUT2D eigenvalue weighted by atomic mass is 10.1. The van der Waals surface area contributed by atoms with Crippen molar-refractivity contribution in [2.75, 3.05) is 23.4 Å². The van der Waals surface area contributed by atoms with Crippen molar-refractivity contribution in [2.24, 2.45) is 5.92 Å². The van der Waals surface area contributed by atoms with Crippen LogP contribution in [0, 0.1) is 5.92 Å². The number of thioether (sulfide) groups is 1. The summed E-state index contributed by atoms with van der Waals surface area (Å²) in [5.74, 6) is 3.43. The normalized spacial score (nSPS) is 19.0. The zero-order chi connectivity index (χ0) is 12.2. The molecule has 18 heavy (non-hydrogen) atoms. The summed E-state index contributed by atoms with van der Waals surface area (Å²) >= 11 is 2.06. The molecule has 1 saturated heterocycles. The van der Waals surface area contributed by atoms with E-state index in [-0.39, 0.29) is 0 Å². The minimum absolute atomic E-state index is 0.822. The summed E-state index contributed by atoms with van der Waals surface area (Å²) in [5, 5.41) is 11.7. The number of nitrogens with zero attached hydrogens (tertiary/aromatic N) is 3. The molecule has 1 N–H and O–H groups in total. The van der Waals surface area contributed by atoms with Crippen molar-refractivity contribution in [1.82, 2.24) is 15.0 Å². The number of hydrogen-bond acceptors (Lipinski definition) is 4. The first-order valence-corrected chi connectivity index (χ1v) is 7.36. The van der Waals surface area contributed by atoms with Crippen LogP contribution in [0.3, 0.4) is 0 Å². The molecule has 94 valence electrons. The third-order valence-corrected chi connectivity index (χ3v) is 4.37. The smallest absolute Gasteiger partial charge is 0.0858 e. The third kappa shape index (κ3) is 2.67. The number of rotatable bonds is 4. The zero-order valence-corrected chi connectivity index (χ0v) is 10.9. The fraction of sp³-hybridized carbons (Fsp3) is 0.385. The van der Waals surface area contributed by atoms with Crippen LogP contribution in [0.4, 0.5) is 5.69 Å². The highest BCUT2D eigenvalue weighted by Gasteiger charge is 2.14. The maximum absolute atomic E-state index is 4.11. The molecule has 2 heterocycles. The quantitative estimate of drug-likeness (QED) is 0.917. The van der Waals surface area contributed by atoms with E-state index in [1.54, 1.807) is 17.2 Å². The van der Waals surface area contributed by atoms with Gasteiger partial charge in [0.2, 0.25) is 0 Å². The maximum atomic E-state index is 4.11. The monoisotopic (exact) mass is 260 g/mol. The molecule has 1 unspecified atom stereocenters. The van der Waals surface area contributed by atoms with Crippen molar-refractivity contribution < 1.29 is 0 Å². The van der Waals surface area contributed by atoms with Gasteiger partial charge in [-0.25, -0.2) is 0 Å². The van der Waals surface area contributed by atoms with Crippen molar-refractivity contribution in [3.8, 4) is 5.69 Å².